The zero-order valence-corrected chi connectivity index (χ0v) is 18.6. The fourth-order valence-corrected chi connectivity index (χ4v) is 4.49. The second kappa shape index (κ2) is 9.71. The summed E-state index contributed by atoms with van der Waals surface area (Å²) in [6, 6.07) is 33.3. The molecule has 0 amide bonds. The maximum atomic E-state index is 12.6. The van der Waals surface area contributed by atoms with E-state index < -0.39 is 0 Å². The summed E-state index contributed by atoms with van der Waals surface area (Å²) in [5.74, 6) is 1.80. The summed E-state index contributed by atoms with van der Waals surface area (Å²) in [6.07, 6.45) is 0. The van der Waals surface area contributed by atoms with Crippen LogP contribution in [0.5, 0.6) is 5.75 Å². The van der Waals surface area contributed by atoms with E-state index in [4.69, 9.17) is 4.74 Å². The van der Waals surface area contributed by atoms with E-state index in [1.165, 1.54) is 11.8 Å². The molecule has 6 heteroatoms. The molecule has 162 valence electrons. The first-order chi connectivity index (χ1) is 16.3. The Hall–Kier alpha value is -3.90. The minimum absolute atomic E-state index is 0.0526. The van der Waals surface area contributed by atoms with Gasteiger partial charge in [-0.05, 0) is 23.6 Å². The highest BCUT2D eigenvalue weighted by atomic mass is 32.2. The summed E-state index contributed by atoms with van der Waals surface area (Å²) in [5.41, 5.74) is 1.61. The Labute approximate surface area is 196 Å². The number of fused-ring (bicyclic) bond motifs is 1. The summed E-state index contributed by atoms with van der Waals surface area (Å²) in [4.78, 5) is 12.6. The molecule has 0 bridgehead atoms. The van der Waals surface area contributed by atoms with E-state index in [1.54, 1.807) is 0 Å². The van der Waals surface area contributed by atoms with Gasteiger partial charge in [0.2, 0.25) is 0 Å². The van der Waals surface area contributed by atoms with Gasteiger partial charge in [0.15, 0.2) is 16.8 Å². The number of ether oxygens (including phenoxy) is 1. The molecule has 5 rings (SSSR count). The molecule has 4 aromatic carbocycles. The maximum absolute atomic E-state index is 12.6. The molecule has 5 aromatic rings. The van der Waals surface area contributed by atoms with Crippen molar-refractivity contribution in [3.63, 3.8) is 0 Å². The fourth-order valence-electron chi connectivity index (χ4n) is 3.63. The number of ketones is 1. The number of aromatic nitrogens is 3. The number of Topliss-reactive ketones (excluding diaryl/α,β-unsaturated/α-hetero) is 1. The van der Waals surface area contributed by atoms with Crippen LogP contribution in [0.4, 0.5) is 0 Å². The largest absolute Gasteiger partial charge is 0.485 e. The second-order valence-electron chi connectivity index (χ2n) is 7.41. The molecule has 33 heavy (non-hydrogen) atoms. The number of benzene rings is 4. The number of hydrogen-bond donors (Lipinski definition) is 0. The molecular weight excluding hydrogens is 430 g/mol. The van der Waals surface area contributed by atoms with Crippen LogP contribution in [0.2, 0.25) is 0 Å². The van der Waals surface area contributed by atoms with Crippen LogP contribution >= 0.6 is 11.8 Å². The number of hydrogen-bond acceptors (Lipinski definition) is 5. The number of para-hydroxylation sites is 1. The van der Waals surface area contributed by atoms with Gasteiger partial charge in [-0.3, -0.25) is 9.36 Å². The van der Waals surface area contributed by atoms with Crippen molar-refractivity contribution in [2.45, 2.75) is 11.8 Å². The summed E-state index contributed by atoms with van der Waals surface area (Å²) in [6.45, 7) is 0.253. The monoisotopic (exact) mass is 451 g/mol. The average Bonchev–Trinajstić information content (AvgIpc) is 3.29. The molecule has 0 aliphatic rings. The predicted octanol–water partition coefficient (Wildman–Crippen LogP) is 5.97. The lowest BCUT2D eigenvalue weighted by molar-refractivity contribution is 0.102. The Morgan fingerprint density at radius 2 is 1.48 bits per heavy atom. The molecule has 0 saturated carbocycles. The molecule has 0 saturated heterocycles. The Morgan fingerprint density at radius 3 is 2.30 bits per heavy atom. The van der Waals surface area contributed by atoms with Crippen molar-refractivity contribution in [2.24, 2.45) is 0 Å². The molecule has 0 aliphatic carbocycles. The minimum atomic E-state index is 0.0526. The highest BCUT2D eigenvalue weighted by molar-refractivity contribution is 7.99. The molecule has 0 aliphatic heterocycles. The average molecular weight is 452 g/mol. The quantitative estimate of drug-likeness (QED) is 0.215. The third-order valence-corrected chi connectivity index (χ3v) is 6.18. The van der Waals surface area contributed by atoms with Gasteiger partial charge in [0, 0.05) is 16.6 Å². The van der Waals surface area contributed by atoms with E-state index in [2.05, 4.69) is 22.3 Å². The highest BCUT2D eigenvalue weighted by Gasteiger charge is 2.17. The first-order valence-corrected chi connectivity index (χ1v) is 11.6. The molecule has 1 heterocycles. The van der Waals surface area contributed by atoms with E-state index in [0.717, 1.165) is 22.2 Å². The molecule has 0 atom stereocenters. The van der Waals surface area contributed by atoms with Crippen molar-refractivity contribution in [3.05, 3.63) is 115 Å². The second-order valence-corrected chi connectivity index (χ2v) is 8.36. The number of carbonyl (C=O) groups is 1. The molecule has 0 spiro atoms. The standard InChI is InChI=1S/C27H21N3O2S/c31-24(21-11-3-1-4-12-21)19-33-27-29-28-26(30(27)22-14-5-2-6-15-22)18-32-25-17-9-13-20-10-7-8-16-23(20)25/h1-17H,18-19H2. The lowest BCUT2D eigenvalue weighted by atomic mass is 10.1. The van der Waals surface area contributed by atoms with E-state index in [1.807, 2.05) is 95.6 Å². The van der Waals surface area contributed by atoms with Crippen LogP contribution in [0.3, 0.4) is 0 Å². The molecule has 0 radical (unpaired) electrons. The Bertz CT molecular complexity index is 1380. The van der Waals surface area contributed by atoms with Crippen molar-refractivity contribution in [3.8, 4) is 11.4 Å². The molecule has 0 N–H and O–H groups in total. The summed E-state index contributed by atoms with van der Waals surface area (Å²) in [5, 5.41) is 11.6. The van der Waals surface area contributed by atoms with E-state index in [9.17, 15) is 4.79 Å². The number of carbonyl (C=O) groups excluding carboxylic acids is 1. The lowest BCUT2D eigenvalue weighted by Crippen LogP contribution is -2.08. The first-order valence-electron chi connectivity index (χ1n) is 10.6. The fraction of sp³-hybridized carbons (Fsp3) is 0.0741. The predicted molar refractivity (Wildman–Crippen MR) is 131 cm³/mol. The van der Waals surface area contributed by atoms with Crippen molar-refractivity contribution in [2.75, 3.05) is 5.75 Å². The van der Waals surface area contributed by atoms with Crippen LogP contribution in [0, 0.1) is 0 Å². The van der Waals surface area contributed by atoms with Gasteiger partial charge in [0.25, 0.3) is 0 Å². The van der Waals surface area contributed by atoms with Crippen molar-refractivity contribution >= 4 is 28.3 Å². The molecule has 1 aromatic heterocycles. The molecule has 0 fully saturated rings. The van der Waals surface area contributed by atoms with Crippen LogP contribution in [-0.2, 0) is 6.61 Å². The zero-order chi connectivity index (χ0) is 22.5. The van der Waals surface area contributed by atoms with Gasteiger partial charge in [0.05, 0.1) is 5.75 Å². The van der Waals surface area contributed by atoms with Crippen LogP contribution in [-0.4, -0.2) is 26.3 Å². The van der Waals surface area contributed by atoms with E-state index in [0.29, 0.717) is 16.5 Å². The third-order valence-electron chi connectivity index (χ3n) is 5.25. The number of rotatable bonds is 8. The van der Waals surface area contributed by atoms with Crippen molar-refractivity contribution in [1.29, 1.82) is 0 Å². The van der Waals surface area contributed by atoms with Crippen LogP contribution in [0.15, 0.2) is 108 Å². The van der Waals surface area contributed by atoms with Gasteiger partial charge in [-0.25, -0.2) is 0 Å². The highest BCUT2D eigenvalue weighted by Crippen LogP contribution is 2.27. The van der Waals surface area contributed by atoms with Crippen molar-refractivity contribution < 1.29 is 9.53 Å². The minimum Gasteiger partial charge on any atom is -0.485 e. The number of thioether (sulfide) groups is 1. The van der Waals surface area contributed by atoms with Crippen LogP contribution < -0.4 is 4.74 Å². The van der Waals surface area contributed by atoms with Gasteiger partial charge in [-0.2, -0.15) is 0 Å². The zero-order valence-electron chi connectivity index (χ0n) is 17.8. The Morgan fingerprint density at radius 1 is 0.788 bits per heavy atom. The Balaban J connectivity index is 1.40. The summed E-state index contributed by atoms with van der Waals surface area (Å²) < 4.78 is 8.13. The Kier molecular flexibility index (Phi) is 6.17. The van der Waals surface area contributed by atoms with E-state index in [-0.39, 0.29) is 18.1 Å². The lowest BCUT2D eigenvalue weighted by Gasteiger charge is -2.12. The third kappa shape index (κ3) is 4.66. The van der Waals surface area contributed by atoms with Gasteiger partial charge >= 0.3 is 0 Å². The topological polar surface area (TPSA) is 57.0 Å². The molecular formula is C27H21N3O2S. The van der Waals surface area contributed by atoms with Gasteiger partial charge < -0.3 is 4.74 Å². The molecule has 5 nitrogen and oxygen atoms in total. The van der Waals surface area contributed by atoms with Gasteiger partial charge in [-0.1, -0.05) is 96.7 Å². The first kappa shape index (κ1) is 21.0. The SMILES string of the molecule is O=C(CSc1nnc(COc2cccc3ccccc23)n1-c1ccccc1)c1ccccc1. The summed E-state index contributed by atoms with van der Waals surface area (Å²) in [7, 11) is 0. The van der Waals surface area contributed by atoms with Crippen LogP contribution in [0.25, 0.3) is 16.5 Å². The number of nitrogens with zero attached hydrogens (tertiary/aromatic N) is 3. The van der Waals surface area contributed by atoms with Crippen LogP contribution in [0.1, 0.15) is 16.2 Å². The smallest absolute Gasteiger partial charge is 0.196 e. The van der Waals surface area contributed by atoms with Gasteiger partial charge in [-0.15, -0.1) is 10.2 Å². The van der Waals surface area contributed by atoms with Crippen molar-refractivity contribution in [1.82, 2.24) is 14.8 Å². The normalized spacial score (nSPS) is 10.9. The summed E-state index contributed by atoms with van der Waals surface area (Å²) >= 11 is 1.37. The maximum Gasteiger partial charge on any atom is 0.196 e. The molecule has 0 unspecified atom stereocenters. The van der Waals surface area contributed by atoms with Gasteiger partial charge in [0.1, 0.15) is 12.4 Å². The van der Waals surface area contributed by atoms with E-state index >= 15 is 0 Å².